The van der Waals surface area contributed by atoms with Gasteiger partial charge in [0, 0.05) is 25.2 Å². The Morgan fingerprint density at radius 2 is 1.84 bits per heavy atom. The number of halogens is 1. The molecule has 0 fully saturated rings. The molecule has 19 heavy (non-hydrogen) atoms. The lowest BCUT2D eigenvalue weighted by atomic mass is 10.0. The maximum absolute atomic E-state index is 11.8. The molecule has 0 aromatic carbocycles. The van der Waals surface area contributed by atoms with E-state index in [4.69, 9.17) is 11.6 Å². The molecule has 1 heterocycles. The lowest BCUT2D eigenvalue weighted by Gasteiger charge is -2.03. The summed E-state index contributed by atoms with van der Waals surface area (Å²) >= 11 is 5.99. The number of aromatic nitrogens is 1. The molecule has 0 atom stereocenters. The summed E-state index contributed by atoms with van der Waals surface area (Å²) in [5.41, 5.74) is 0.893. The van der Waals surface area contributed by atoms with E-state index in [2.05, 4.69) is 11.9 Å². The fourth-order valence-corrected chi connectivity index (χ4v) is 2.31. The molecule has 0 saturated heterocycles. The Morgan fingerprint density at radius 3 is 2.53 bits per heavy atom. The topological polar surface area (TPSA) is 30.0 Å². The highest BCUT2D eigenvalue weighted by atomic mass is 35.5. The number of carbonyl (C=O) groups is 1. The van der Waals surface area contributed by atoms with E-state index < -0.39 is 0 Å². The molecule has 0 spiro atoms. The molecule has 0 aliphatic carbocycles. The summed E-state index contributed by atoms with van der Waals surface area (Å²) in [7, 11) is 0. The standard InChI is InChI=1S/C16H24ClNO/c1-2-3-4-5-6-7-8-9-15(19)12-14-10-11-18-13-16(14)17/h10-11,13H,2-9,12H2,1H3. The van der Waals surface area contributed by atoms with Crippen molar-refractivity contribution in [2.75, 3.05) is 0 Å². The van der Waals surface area contributed by atoms with E-state index in [1.54, 1.807) is 12.4 Å². The average molecular weight is 282 g/mol. The molecule has 106 valence electrons. The first kappa shape index (κ1) is 16.2. The van der Waals surface area contributed by atoms with Crippen LogP contribution in [0.15, 0.2) is 18.5 Å². The van der Waals surface area contributed by atoms with Crippen LogP contribution in [-0.4, -0.2) is 10.8 Å². The van der Waals surface area contributed by atoms with E-state index in [0.29, 0.717) is 17.9 Å². The van der Waals surface area contributed by atoms with Crippen molar-refractivity contribution in [2.24, 2.45) is 0 Å². The molecule has 1 aromatic rings. The van der Waals surface area contributed by atoms with Crippen LogP contribution in [0, 0.1) is 0 Å². The molecule has 2 nitrogen and oxygen atoms in total. The Kier molecular flexibility index (Phi) is 8.48. The normalized spacial score (nSPS) is 10.6. The number of carbonyl (C=O) groups excluding carboxylic acids is 1. The van der Waals surface area contributed by atoms with E-state index in [0.717, 1.165) is 12.0 Å². The molecule has 0 unspecified atom stereocenters. The van der Waals surface area contributed by atoms with Crippen LogP contribution in [0.4, 0.5) is 0 Å². The zero-order valence-electron chi connectivity index (χ0n) is 11.8. The van der Waals surface area contributed by atoms with Gasteiger partial charge in [-0.1, -0.05) is 57.0 Å². The molecule has 0 amide bonds. The van der Waals surface area contributed by atoms with Gasteiger partial charge in [-0.15, -0.1) is 0 Å². The van der Waals surface area contributed by atoms with Crippen LogP contribution in [0.3, 0.4) is 0 Å². The molecule has 0 saturated carbocycles. The Morgan fingerprint density at radius 1 is 1.16 bits per heavy atom. The second-order valence-corrected chi connectivity index (χ2v) is 5.46. The number of pyridine rings is 1. The van der Waals surface area contributed by atoms with E-state index in [-0.39, 0.29) is 5.78 Å². The highest BCUT2D eigenvalue weighted by Crippen LogP contribution is 2.16. The molecule has 0 radical (unpaired) electrons. The first-order chi connectivity index (χ1) is 9.24. The fourth-order valence-electron chi connectivity index (χ4n) is 2.13. The van der Waals surface area contributed by atoms with E-state index in [1.807, 2.05) is 6.07 Å². The van der Waals surface area contributed by atoms with Crippen LogP contribution in [0.1, 0.15) is 63.9 Å². The second kappa shape index (κ2) is 9.96. The number of hydrogen-bond donors (Lipinski definition) is 0. The number of rotatable bonds is 10. The van der Waals surface area contributed by atoms with Crippen molar-refractivity contribution < 1.29 is 4.79 Å². The van der Waals surface area contributed by atoms with Crippen LogP contribution in [0.2, 0.25) is 5.02 Å². The summed E-state index contributed by atoms with van der Waals surface area (Å²) < 4.78 is 0. The van der Waals surface area contributed by atoms with Gasteiger partial charge < -0.3 is 0 Å². The first-order valence-electron chi connectivity index (χ1n) is 7.34. The SMILES string of the molecule is CCCCCCCCCC(=O)Cc1ccncc1Cl. The Bertz CT molecular complexity index is 379. The Hall–Kier alpha value is -0.890. The fraction of sp³-hybridized carbons (Fsp3) is 0.625. The van der Waals surface area contributed by atoms with Gasteiger partial charge in [0.1, 0.15) is 5.78 Å². The van der Waals surface area contributed by atoms with Crippen LogP contribution in [0.25, 0.3) is 0 Å². The quantitative estimate of drug-likeness (QED) is 0.566. The number of ketones is 1. The van der Waals surface area contributed by atoms with Gasteiger partial charge in [0.2, 0.25) is 0 Å². The van der Waals surface area contributed by atoms with Crippen molar-refractivity contribution in [2.45, 2.75) is 64.7 Å². The van der Waals surface area contributed by atoms with Gasteiger partial charge in [-0.05, 0) is 18.1 Å². The van der Waals surface area contributed by atoms with Gasteiger partial charge in [0.25, 0.3) is 0 Å². The summed E-state index contributed by atoms with van der Waals surface area (Å²) in [6, 6.07) is 1.82. The third kappa shape index (κ3) is 7.31. The highest BCUT2D eigenvalue weighted by Gasteiger charge is 2.06. The van der Waals surface area contributed by atoms with Crippen LogP contribution in [-0.2, 0) is 11.2 Å². The summed E-state index contributed by atoms with van der Waals surface area (Å²) in [5, 5.41) is 0.593. The monoisotopic (exact) mass is 281 g/mol. The summed E-state index contributed by atoms with van der Waals surface area (Å²) in [5.74, 6) is 0.279. The average Bonchev–Trinajstić information content (AvgIpc) is 2.40. The van der Waals surface area contributed by atoms with Crippen LogP contribution < -0.4 is 0 Å². The number of Topliss-reactive ketones (excluding diaryl/α,β-unsaturated/α-hetero) is 1. The number of hydrogen-bond acceptors (Lipinski definition) is 2. The summed E-state index contributed by atoms with van der Waals surface area (Å²) in [6.07, 6.45) is 13.1. The van der Waals surface area contributed by atoms with Gasteiger partial charge in [-0.2, -0.15) is 0 Å². The maximum atomic E-state index is 11.8. The van der Waals surface area contributed by atoms with Crippen molar-refractivity contribution >= 4 is 17.4 Å². The molecule has 0 aliphatic heterocycles. The number of unbranched alkanes of at least 4 members (excludes halogenated alkanes) is 6. The molecular formula is C16H24ClNO. The van der Waals surface area contributed by atoms with Crippen LogP contribution >= 0.6 is 11.6 Å². The number of nitrogens with zero attached hydrogens (tertiary/aromatic N) is 1. The lowest BCUT2D eigenvalue weighted by Crippen LogP contribution is -2.03. The van der Waals surface area contributed by atoms with Crippen molar-refractivity contribution in [3.8, 4) is 0 Å². The van der Waals surface area contributed by atoms with E-state index >= 15 is 0 Å². The van der Waals surface area contributed by atoms with Crippen LogP contribution in [0.5, 0.6) is 0 Å². The molecule has 0 bridgehead atoms. The molecule has 0 N–H and O–H groups in total. The van der Waals surface area contributed by atoms with E-state index in [9.17, 15) is 4.79 Å². The van der Waals surface area contributed by atoms with E-state index in [1.165, 1.54) is 38.5 Å². The van der Waals surface area contributed by atoms with Crippen molar-refractivity contribution in [1.29, 1.82) is 0 Å². The van der Waals surface area contributed by atoms with Gasteiger partial charge in [-0.3, -0.25) is 9.78 Å². The van der Waals surface area contributed by atoms with Gasteiger partial charge in [-0.25, -0.2) is 0 Å². The third-order valence-corrected chi connectivity index (χ3v) is 3.64. The van der Waals surface area contributed by atoms with Crippen molar-refractivity contribution in [3.05, 3.63) is 29.0 Å². The van der Waals surface area contributed by atoms with Crippen molar-refractivity contribution in [3.63, 3.8) is 0 Å². The highest BCUT2D eigenvalue weighted by molar-refractivity contribution is 6.31. The summed E-state index contributed by atoms with van der Waals surface area (Å²) in [6.45, 7) is 2.23. The summed E-state index contributed by atoms with van der Waals surface area (Å²) in [4.78, 5) is 15.7. The smallest absolute Gasteiger partial charge is 0.137 e. The molecular weight excluding hydrogens is 258 g/mol. The third-order valence-electron chi connectivity index (χ3n) is 3.30. The predicted molar refractivity (Wildman–Crippen MR) is 80.6 cm³/mol. The minimum Gasteiger partial charge on any atom is -0.299 e. The van der Waals surface area contributed by atoms with Gasteiger partial charge in [0.15, 0.2) is 0 Å². The van der Waals surface area contributed by atoms with Crippen molar-refractivity contribution in [1.82, 2.24) is 4.98 Å². The molecule has 0 aliphatic rings. The molecule has 1 aromatic heterocycles. The largest absolute Gasteiger partial charge is 0.299 e. The second-order valence-electron chi connectivity index (χ2n) is 5.05. The lowest BCUT2D eigenvalue weighted by molar-refractivity contribution is -0.118. The Labute approximate surface area is 121 Å². The zero-order chi connectivity index (χ0) is 13.9. The molecule has 3 heteroatoms. The maximum Gasteiger partial charge on any atom is 0.137 e. The minimum atomic E-state index is 0.279. The zero-order valence-corrected chi connectivity index (χ0v) is 12.6. The van der Waals surface area contributed by atoms with Gasteiger partial charge >= 0.3 is 0 Å². The Balaban J connectivity index is 2.10. The first-order valence-corrected chi connectivity index (χ1v) is 7.72. The molecule has 1 rings (SSSR count). The predicted octanol–water partition coefficient (Wildman–Crippen LogP) is 4.99. The minimum absolute atomic E-state index is 0.279. The van der Waals surface area contributed by atoms with Gasteiger partial charge in [0.05, 0.1) is 5.02 Å².